The summed E-state index contributed by atoms with van der Waals surface area (Å²) in [5.41, 5.74) is 2.79. The molecule has 1 aromatic carbocycles. The number of aromatic nitrogens is 1. The molecule has 0 radical (unpaired) electrons. The van der Waals surface area contributed by atoms with E-state index in [2.05, 4.69) is 10.3 Å². The summed E-state index contributed by atoms with van der Waals surface area (Å²) in [6.45, 7) is 3.04. The highest BCUT2D eigenvalue weighted by atomic mass is 32.2. The molecule has 25 heavy (non-hydrogen) atoms. The highest BCUT2D eigenvalue weighted by Crippen LogP contribution is 2.16. The van der Waals surface area contributed by atoms with E-state index in [9.17, 15) is 8.42 Å². The molecular weight excluding hydrogens is 338 g/mol. The van der Waals surface area contributed by atoms with Gasteiger partial charge in [-0.3, -0.25) is 4.98 Å². The lowest BCUT2D eigenvalue weighted by molar-refractivity contribution is 0.0729. The van der Waals surface area contributed by atoms with Crippen molar-refractivity contribution in [2.75, 3.05) is 26.3 Å². The van der Waals surface area contributed by atoms with Gasteiger partial charge in [-0.25, -0.2) is 8.42 Å². The lowest BCUT2D eigenvalue weighted by Gasteiger charge is -2.26. The number of nitrogens with one attached hydrogen (secondary N) is 1. The molecule has 6 nitrogen and oxygen atoms in total. The third-order valence-corrected chi connectivity index (χ3v) is 6.00. The highest BCUT2D eigenvalue weighted by molar-refractivity contribution is 7.88. The van der Waals surface area contributed by atoms with Crippen LogP contribution < -0.4 is 5.32 Å². The molecule has 0 unspecified atom stereocenters. The molecule has 0 aliphatic carbocycles. The number of benzene rings is 1. The van der Waals surface area contributed by atoms with Crippen molar-refractivity contribution in [2.24, 2.45) is 0 Å². The van der Waals surface area contributed by atoms with E-state index in [-0.39, 0.29) is 5.75 Å². The first-order chi connectivity index (χ1) is 12.1. The molecule has 2 heterocycles. The van der Waals surface area contributed by atoms with Crippen molar-refractivity contribution < 1.29 is 13.2 Å². The zero-order valence-corrected chi connectivity index (χ0v) is 14.9. The Morgan fingerprint density at radius 3 is 2.44 bits per heavy atom. The zero-order chi connectivity index (χ0) is 17.5. The van der Waals surface area contributed by atoms with Gasteiger partial charge in [-0.1, -0.05) is 30.3 Å². The van der Waals surface area contributed by atoms with Crippen LogP contribution in [-0.2, 0) is 33.6 Å². The first-order valence-electron chi connectivity index (χ1n) is 8.38. The van der Waals surface area contributed by atoms with E-state index in [1.807, 2.05) is 42.5 Å². The van der Waals surface area contributed by atoms with Crippen LogP contribution >= 0.6 is 0 Å². The van der Waals surface area contributed by atoms with E-state index in [0.717, 1.165) is 16.8 Å². The summed E-state index contributed by atoms with van der Waals surface area (Å²) in [4.78, 5) is 4.28. The van der Waals surface area contributed by atoms with E-state index in [1.165, 1.54) is 4.31 Å². The second kappa shape index (κ2) is 8.53. The standard InChI is InChI=1S/C18H23N3O3S/c22-25(23,21-9-11-24-12-10-21)15-17-6-2-1-5-16(17)13-19-14-18-7-3-4-8-20-18/h1-8,19H,9-15H2. The molecule has 1 saturated heterocycles. The SMILES string of the molecule is O=S(=O)(Cc1ccccc1CNCc1ccccn1)N1CCOCC1. The smallest absolute Gasteiger partial charge is 0.218 e. The number of hydrogen-bond donors (Lipinski definition) is 1. The predicted molar refractivity (Wildman–Crippen MR) is 96.2 cm³/mol. The summed E-state index contributed by atoms with van der Waals surface area (Å²) in [5.74, 6) is 0.0223. The third-order valence-electron chi connectivity index (χ3n) is 4.17. The molecule has 1 N–H and O–H groups in total. The van der Waals surface area contributed by atoms with E-state index >= 15 is 0 Å². The molecule has 7 heteroatoms. The normalized spacial score (nSPS) is 16.0. The van der Waals surface area contributed by atoms with Gasteiger partial charge in [0, 0.05) is 32.4 Å². The Morgan fingerprint density at radius 2 is 1.72 bits per heavy atom. The lowest BCUT2D eigenvalue weighted by Crippen LogP contribution is -2.41. The first-order valence-corrected chi connectivity index (χ1v) is 9.99. The molecule has 1 fully saturated rings. The van der Waals surface area contributed by atoms with Crippen molar-refractivity contribution in [3.8, 4) is 0 Å². The van der Waals surface area contributed by atoms with Crippen molar-refractivity contribution in [2.45, 2.75) is 18.8 Å². The predicted octanol–water partition coefficient (Wildman–Crippen LogP) is 1.53. The molecule has 0 spiro atoms. The maximum atomic E-state index is 12.6. The largest absolute Gasteiger partial charge is 0.379 e. The molecule has 0 bridgehead atoms. The van der Waals surface area contributed by atoms with Crippen molar-refractivity contribution in [1.29, 1.82) is 0 Å². The number of morpholine rings is 1. The van der Waals surface area contributed by atoms with Gasteiger partial charge in [0.2, 0.25) is 10.0 Å². The maximum Gasteiger partial charge on any atom is 0.218 e. The molecule has 0 amide bonds. The highest BCUT2D eigenvalue weighted by Gasteiger charge is 2.25. The van der Waals surface area contributed by atoms with Crippen LogP contribution in [0.4, 0.5) is 0 Å². The fourth-order valence-corrected chi connectivity index (χ4v) is 4.37. The topological polar surface area (TPSA) is 71.5 Å². The number of ether oxygens (including phenoxy) is 1. The van der Waals surface area contributed by atoms with Crippen LogP contribution in [0.15, 0.2) is 48.7 Å². The fraction of sp³-hybridized carbons (Fsp3) is 0.389. The van der Waals surface area contributed by atoms with Gasteiger partial charge < -0.3 is 10.1 Å². The van der Waals surface area contributed by atoms with Gasteiger partial charge in [-0.05, 0) is 23.3 Å². The summed E-state index contributed by atoms with van der Waals surface area (Å²) in [6.07, 6.45) is 1.76. The number of hydrogen-bond acceptors (Lipinski definition) is 5. The van der Waals surface area contributed by atoms with Gasteiger partial charge in [-0.15, -0.1) is 0 Å². The van der Waals surface area contributed by atoms with Crippen LogP contribution in [-0.4, -0.2) is 44.0 Å². The maximum absolute atomic E-state index is 12.6. The monoisotopic (exact) mass is 361 g/mol. The number of nitrogens with zero attached hydrogens (tertiary/aromatic N) is 2. The summed E-state index contributed by atoms with van der Waals surface area (Å²) < 4.78 is 32.0. The summed E-state index contributed by atoms with van der Waals surface area (Å²) in [5, 5.41) is 3.33. The molecule has 0 saturated carbocycles. The van der Waals surface area contributed by atoms with Crippen molar-refractivity contribution >= 4 is 10.0 Å². The molecule has 3 rings (SSSR count). The third kappa shape index (κ3) is 5.09. The zero-order valence-electron chi connectivity index (χ0n) is 14.1. The van der Waals surface area contributed by atoms with Gasteiger partial charge in [0.25, 0.3) is 0 Å². The Bertz CT molecular complexity index is 775. The van der Waals surface area contributed by atoms with Crippen LogP contribution in [0.25, 0.3) is 0 Å². The van der Waals surface area contributed by atoms with Crippen molar-refractivity contribution in [1.82, 2.24) is 14.6 Å². The van der Waals surface area contributed by atoms with E-state index in [4.69, 9.17) is 4.74 Å². The summed E-state index contributed by atoms with van der Waals surface area (Å²) in [6, 6.07) is 13.5. The van der Waals surface area contributed by atoms with Crippen LogP contribution in [0.1, 0.15) is 16.8 Å². The minimum Gasteiger partial charge on any atom is -0.379 e. The Balaban J connectivity index is 1.64. The Hall–Kier alpha value is -1.80. The molecular formula is C18H23N3O3S. The molecule has 1 aromatic heterocycles. The number of rotatable bonds is 7. The lowest BCUT2D eigenvalue weighted by atomic mass is 10.1. The van der Waals surface area contributed by atoms with Crippen LogP contribution in [0.2, 0.25) is 0 Å². The van der Waals surface area contributed by atoms with Crippen LogP contribution in [0.5, 0.6) is 0 Å². The van der Waals surface area contributed by atoms with Crippen molar-refractivity contribution in [3.05, 3.63) is 65.5 Å². The average molecular weight is 361 g/mol. The second-order valence-corrected chi connectivity index (χ2v) is 7.93. The van der Waals surface area contributed by atoms with Crippen molar-refractivity contribution in [3.63, 3.8) is 0 Å². The Labute approximate surface area is 148 Å². The van der Waals surface area contributed by atoms with Gasteiger partial charge in [-0.2, -0.15) is 4.31 Å². The van der Waals surface area contributed by atoms with E-state index < -0.39 is 10.0 Å². The quantitative estimate of drug-likeness (QED) is 0.810. The average Bonchev–Trinajstić information content (AvgIpc) is 2.64. The Kier molecular flexibility index (Phi) is 6.14. The minimum atomic E-state index is -3.32. The van der Waals surface area contributed by atoms with Gasteiger partial charge in [0.15, 0.2) is 0 Å². The molecule has 0 atom stereocenters. The molecule has 1 aliphatic rings. The fourth-order valence-electron chi connectivity index (χ4n) is 2.81. The van der Waals surface area contributed by atoms with E-state index in [0.29, 0.717) is 39.4 Å². The summed E-state index contributed by atoms with van der Waals surface area (Å²) >= 11 is 0. The number of sulfonamides is 1. The minimum absolute atomic E-state index is 0.0223. The second-order valence-electron chi connectivity index (χ2n) is 5.96. The van der Waals surface area contributed by atoms with Gasteiger partial charge in [0.05, 0.1) is 24.7 Å². The van der Waals surface area contributed by atoms with Crippen LogP contribution in [0, 0.1) is 0 Å². The molecule has 1 aliphatic heterocycles. The first kappa shape index (κ1) is 18.0. The van der Waals surface area contributed by atoms with Gasteiger partial charge >= 0.3 is 0 Å². The molecule has 2 aromatic rings. The van der Waals surface area contributed by atoms with Crippen LogP contribution in [0.3, 0.4) is 0 Å². The Morgan fingerprint density at radius 1 is 1.00 bits per heavy atom. The molecule has 134 valence electrons. The van der Waals surface area contributed by atoms with E-state index in [1.54, 1.807) is 6.20 Å². The van der Waals surface area contributed by atoms with Gasteiger partial charge in [0.1, 0.15) is 0 Å². The number of pyridine rings is 1. The summed E-state index contributed by atoms with van der Waals surface area (Å²) in [7, 11) is -3.32.